The van der Waals surface area contributed by atoms with Crippen LogP contribution in [-0.4, -0.2) is 37.2 Å². The summed E-state index contributed by atoms with van der Waals surface area (Å²) >= 11 is 0. The molecule has 2 rings (SSSR count). The Morgan fingerprint density at radius 3 is 3.00 bits per heavy atom. The van der Waals surface area contributed by atoms with E-state index in [1.165, 1.54) is 5.56 Å². The standard InChI is InChI=1S/C13H22N2O2/c1-13(2)10-15(4-5-17-13)8-12-6-11(7-14-3)9-16-12/h6,9,14H,4-5,7-8,10H2,1-3H3. The molecule has 96 valence electrons. The van der Waals surface area contributed by atoms with Crippen molar-refractivity contribution < 1.29 is 9.15 Å². The summed E-state index contributed by atoms with van der Waals surface area (Å²) in [6.45, 7) is 8.73. The lowest BCUT2D eigenvalue weighted by atomic mass is 10.1. The van der Waals surface area contributed by atoms with E-state index in [4.69, 9.17) is 9.15 Å². The fourth-order valence-corrected chi connectivity index (χ4v) is 2.28. The first-order valence-electron chi connectivity index (χ1n) is 6.16. The Morgan fingerprint density at radius 1 is 1.47 bits per heavy atom. The van der Waals surface area contributed by atoms with Crippen molar-refractivity contribution in [3.63, 3.8) is 0 Å². The van der Waals surface area contributed by atoms with Gasteiger partial charge in [0.25, 0.3) is 0 Å². The van der Waals surface area contributed by atoms with Crippen LogP contribution in [0.1, 0.15) is 25.2 Å². The highest BCUT2D eigenvalue weighted by molar-refractivity contribution is 5.12. The van der Waals surface area contributed by atoms with Crippen LogP contribution in [-0.2, 0) is 17.8 Å². The average molecular weight is 238 g/mol. The molecule has 1 aliphatic heterocycles. The van der Waals surface area contributed by atoms with Gasteiger partial charge in [0.2, 0.25) is 0 Å². The minimum absolute atomic E-state index is 0.0430. The second-order valence-corrected chi connectivity index (χ2v) is 5.27. The Kier molecular flexibility index (Phi) is 3.86. The first-order chi connectivity index (χ1) is 8.09. The predicted octanol–water partition coefficient (Wildman–Crippen LogP) is 1.61. The summed E-state index contributed by atoms with van der Waals surface area (Å²) in [6, 6.07) is 2.12. The van der Waals surface area contributed by atoms with Crippen LogP contribution in [0.2, 0.25) is 0 Å². The second-order valence-electron chi connectivity index (χ2n) is 5.27. The van der Waals surface area contributed by atoms with Gasteiger partial charge in [0.05, 0.1) is 25.0 Å². The van der Waals surface area contributed by atoms with Gasteiger partial charge in [-0.2, -0.15) is 0 Å². The monoisotopic (exact) mass is 238 g/mol. The summed E-state index contributed by atoms with van der Waals surface area (Å²) < 4.78 is 11.3. The van der Waals surface area contributed by atoms with Gasteiger partial charge in [-0.15, -0.1) is 0 Å². The van der Waals surface area contributed by atoms with Crippen molar-refractivity contribution in [3.05, 3.63) is 23.7 Å². The van der Waals surface area contributed by atoms with Crippen molar-refractivity contribution in [1.29, 1.82) is 0 Å². The van der Waals surface area contributed by atoms with Crippen molar-refractivity contribution in [2.24, 2.45) is 0 Å². The molecule has 4 nitrogen and oxygen atoms in total. The second kappa shape index (κ2) is 5.21. The molecule has 0 amide bonds. The number of hydrogen-bond donors (Lipinski definition) is 1. The smallest absolute Gasteiger partial charge is 0.118 e. The highest BCUT2D eigenvalue weighted by atomic mass is 16.5. The van der Waals surface area contributed by atoms with E-state index in [-0.39, 0.29) is 5.60 Å². The number of morpholine rings is 1. The van der Waals surface area contributed by atoms with Gasteiger partial charge < -0.3 is 14.5 Å². The molecule has 0 radical (unpaired) electrons. The molecule has 0 spiro atoms. The minimum atomic E-state index is -0.0430. The molecule has 1 saturated heterocycles. The zero-order valence-corrected chi connectivity index (χ0v) is 11.0. The minimum Gasteiger partial charge on any atom is -0.468 e. The quantitative estimate of drug-likeness (QED) is 0.865. The Bertz CT molecular complexity index is 360. The number of hydrogen-bond acceptors (Lipinski definition) is 4. The third-order valence-corrected chi connectivity index (χ3v) is 2.97. The fourth-order valence-electron chi connectivity index (χ4n) is 2.28. The maximum atomic E-state index is 5.69. The molecule has 0 aromatic carbocycles. The molecule has 1 aliphatic rings. The molecule has 0 bridgehead atoms. The van der Waals surface area contributed by atoms with E-state index >= 15 is 0 Å². The summed E-state index contributed by atoms with van der Waals surface area (Å²) in [5.41, 5.74) is 1.16. The first kappa shape index (κ1) is 12.6. The molecular weight excluding hydrogens is 216 g/mol. The van der Waals surface area contributed by atoms with Gasteiger partial charge in [-0.25, -0.2) is 0 Å². The number of nitrogens with one attached hydrogen (secondary N) is 1. The highest BCUT2D eigenvalue weighted by Gasteiger charge is 2.27. The molecule has 1 N–H and O–H groups in total. The zero-order valence-electron chi connectivity index (χ0n) is 11.0. The molecule has 0 atom stereocenters. The molecule has 1 aromatic heterocycles. The fraction of sp³-hybridized carbons (Fsp3) is 0.692. The van der Waals surface area contributed by atoms with Gasteiger partial charge in [-0.05, 0) is 27.0 Å². The Labute approximate surface area is 103 Å². The molecule has 2 heterocycles. The van der Waals surface area contributed by atoms with E-state index in [0.717, 1.165) is 38.5 Å². The summed E-state index contributed by atoms with van der Waals surface area (Å²) in [7, 11) is 1.94. The van der Waals surface area contributed by atoms with Crippen LogP contribution in [0.15, 0.2) is 16.7 Å². The lowest BCUT2D eigenvalue weighted by molar-refractivity contribution is -0.0894. The number of furan rings is 1. The van der Waals surface area contributed by atoms with Gasteiger partial charge in [-0.1, -0.05) is 0 Å². The average Bonchev–Trinajstić information content (AvgIpc) is 2.64. The molecule has 0 saturated carbocycles. The normalized spacial score (nSPS) is 20.6. The Morgan fingerprint density at radius 2 is 2.29 bits per heavy atom. The molecule has 1 fully saturated rings. The van der Waals surface area contributed by atoms with Crippen LogP contribution in [0.3, 0.4) is 0 Å². The lowest BCUT2D eigenvalue weighted by Gasteiger charge is -2.37. The molecule has 1 aromatic rings. The van der Waals surface area contributed by atoms with Crippen LogP contribution in [0.4, 0.5) is 0 Å². The van der Waals surface area contributed by atoms with Crippen LogP contribution >= 0.6 is 0 Å². The van der Waals surface area contributed by atoms with E-state index in [0.29, 0.717) is 0 Å². The van der Waals surface area contributed by atoms with Gasteiger partial charge in [0, 0.05) is 25.2 Å². The highest BCUT2D eigenvalue weighted by Crippen LogP contribution is 2.19. The molecule has 17 heavy (non-hydrogen) atoms. The van der Waals surface area contributed by atoms with Gasteiger partial charge >= 0.3 is 0 Å². The molecule has 0 unspecified atom stereocenters. The van der Waals surface area contributed by atoms with E-state index in [1.807, 2.05) is 13.3 Å². The first-order valence-corrected chi connectivity index (χ1v) is 6.16. The van der Waals surface area contributed by atoms with E-state index in [2.05, 4.69) is 30.1 Å². The van der Waals surface area contributed by atoms with Gasteiger partial charge in [-0.3, -0.25) is 4.90 Å². The molecular formula is C13H22N2O2. The van der Waals surface area contributed by atoms with Crippen LogP contribution in [0.25, 0.3) is 0 Å². The van der Waals surface area contributed by atoms with Gasteiger partial charge in [0.1, 0.15) is 5.76 Å². The number of nitrogens with zero attached hydrogens (tertiary/aromatic N) is 1. The SMILES string of the molecule is CNCc1coc(CN2CCOC(C)(C)C2)c1. The Balaban J connectivity index is 1.91. The molecule has 4 heteroatoms. The van der Waals surface area contributed by atoms with Crippen molar-refractivity contribution in [2.45, 2.75) is 32.5 Å². The molecule has 0 aliphatic carbocycles. The predicted molar refractivity (Wildman–Crippen MR) is 66.8 cm³/mol. The Hall–Kier alpha value is -0.840. The van der Waals surface area contributed by atoms with E-state index < -0.39 is 0 Å². The lowest BCUT2D eigenvalue weighted by Crippen LogP contribution is -2.47. The zero-order chi connectivity index (χ0) is 12.3. The van der Waals surface area contributed by atoms with Gasteiger partial charge in [0.15, 0.2) is 0 Å². The maximum Gasteiger partial charge on any atom is 0.118 e. The van der Waals surface area contributed by atoms with E-state index in [9.17, 15) is 0 Å². The summed E-state index contributed by atoms with van der Waals surface area (Å²) in [5.74, 6) is 1.04. The summed E-state index contributed by atoms with van der Waals surface area (Å²) in [5, 5.41) is 3.12. The summed E-state index contributed by atoms with van der Waals surface area (Å²) in [6.07, 6.45) is 1.83. The summed E-state index contributed by atoms with van der Waals surface area (Å²) in [4.78, 5) is 2.38. The van der Waals surface area contributed by atoms with Crippen molar-refractivity contribution in [3.8, 4) is 0 Å². The maximum absolute atomic E-state index is 5.69. The van der Waals surface area contributed by atoms with Crippen LogP contribution < -0.4 is 5.32 Å². The number of rotatable bonds is 4. The number of ether oxygens (including phenoxy) is 1. The van der Waals surface area contributed by atoms with Crippen molar-refractivity contribution in [2.75, 3.05) is 26.7 Å². The third-order valence-electron chi connectivity index (χ3n) is 2.97. The van der Waals surface area contributed by atoms with Crippen LogP contribution in [0, 0.1) is 0 Å². The van der Waals surface area contributed by atoms with E-state index in [1.54, 1.807) is 0 Å². The topological polar surface area (TPSA) is 37.6 Å². The van der Waals surface area contributed by atoms with Crippen molar-refractivity contribution in [1.82, 2.24) is 10.2 Å². The third kappa shape index (κ3) is 3.56. The largest absolute Gasteiger partial charge is 0.468 e. The van der Waals surface area contributed by atoms with Crippen LogP contribution in [0.5, 0.6) is 0 Å². The van der Waals surface area contributed by atoms with Crippen molar-refractivity contribution >= 4 is 0 Å².